The molecule has 1 atom stereocenters. The van der Waals surface area contributed by atoms with Crippen LogP contribution in [0.5, 0.6) is 0 Å². The Morgan fingerprint density at radius 3 is 2.46 bits per heavy atom. The van der Waals surface area contributed by atoms with Gasteiger partial charge in [-0.05, 0) is 36.1 Å². The molecular formula is C23H26N2O3. The molecule has 2 aromatic carbocycles. The summed E-state index contributed by atoms with van der Waals surface area (Å²) >= 11 is 0. The molecule has 2 amide bonds. The topological polar surface area (TPSA) is 58.6 Å². The number of ether oxygens (including phenoxy) is 1. The lowest BCUT2D eigenvalue weighted by atomic mass is 9.78. The van der Waals surface area contributed by atoms with Gasteiger partial charge in [0.1, 0.15) is 0 Å². The van der Waals surface area contributed by atoms with Crippen LogP contribution in [0.2, 0.25) is 0 Å². The van der Waals surface area contributed by atoms with E-state index in [0.29, 0.717) is 19.6 Å². The second-order valence-electron chi connectivity index (χ2n) is 7.69. The molecule has 2 aliphatic rings. The maximum Gasteiger partial charge on any atom is 0.253 e. The van der Waals surface area contributed by atoms with E-state index in [4.69, 9.17) is 4.74 Å². The minimum atomic E-state index is -0.383. The Morgan fingerprint density at radius 2 is 1.75 bits per heavy atom. The minimum absolute atomic E-state index is 0.0419. The summed E-state index contributed by atoms with van der Waals surface area (Å²) in [6, 6.07) is 17.9. The molecule has 2 aliphatic heterocycles. The van der Waals surface area contributed by atoms with Gasteiger partial charge in [-0.2, -0.15) is 0 Å². The molecule has 0 aromatic heterocycles. The number of amides is 2. The van der Waals surface area contributed by atoms with Crippen molar-refractivity contribution >= 4 is 11.8 Å². The lowest BCUT2D eigenvalue weighted by Gasteiger charge is -2.47. The highest BCUT2D eigenvalue weighted by atomic mass is 16.5. The summed E-state index contributed by atoms with van der Waals surface area (Å²) in [6.07, 6.45) is 2.28. The van der Waals surface area contributed by atoms with Gasteiger partial charge >= 0.3 is 0 Å². The van der Waals surface area contributed by atoms with Gasteiger partial charge in [-0.25, -0.2) is 0 Å². The van der Waals surface area contributed by atoms with Crippen molar-refractivity contribution in [3.8, 4) is 0 Å². The van der Waals surface area contributed by atoms with Gasteiger partial charge in [0, 0.05) is 38.5 Å². The van der Waals surface area contributed by atoms with Gasteiger partial charge in [0.2, 0.25) is 5.91 Å². The molecule has 2 aromatic rings. The van der Waals surface area contributed by atoms with E-state index in [1.165, 1.54) is 18.1 Å². The lowest BCUT2D eigenvalue weighted by molar-refractivity contribution is -0.138. The van der Waals surface area contributed by atoms with Gasteiger partial charge in [-0.3, -0.25) is 9.59 Å². The molecule has 1 N–H and O–H groups in total. The Hall–Kier alpha value is -2.66. The van der Waals surface area contributed by atoms with Gasteiger partial charge in [0.15, 0.2) is 0 Å². The second kappa shape index (κ2) is 7.76. The largest absolute Gasteiger partial charge is 0.365 e. The molecule has 1 spiro atoms. The number of benzene rings is 2. The summed E-state index contributed by atoms with van der Waals surface area (Å²) in [5, 5.41) is 2.89. The first kappa shape index (κ1) is 18.7. The fraction of sp³-hybridized carbons (Fsp3) is 0.391. The first-order chi connectivity index (χ1) is 13.6. The number of likely N-dealkylation sites (tertiary alicyclic amines) is 1. The second-order valence-corrected chi connectivity index (χ2v) is 7.69. The Bertz CT molecular complexity index is 857. The highest BCUT2D eigenvalue weighted by Crippen LogP contribution is 2.43. The molecule has 146 valence electrons. The third-order valence-electron chi connectivity index (χ3n) is 5.81. The van der Waals surface area contributed by atoms with E-state index in [2.05, 4.69) is 29.6 Å². The van der Waals surface area contributed by atoms with Crippen LogP contribution in [0.1, 0.15) is 41.3 Å². The first-order valence-electron chi connectivity index (χ1n) is 9.92. The SMILES string of the molecule is CC(=O)NCC1Cc2ccccc2C2(CCN(C(=O)c3ccccc3)CC2)O1. The Labute approximate surface area is 165 Å². The molecule has 1 unspecified atom stereocenters. The number of hydrogen-bond donors (Lipinski definition) is 1. The van der Waals surface area contributed by atoms with E-state index in [-0.39, 0.29) is 23.5 Å². The van der Waals surface area contributed by atoms with Crippen molar-refractivity contribution in [2.45, 2.75) is 37.9 Å². The summed E-state index contributed by atoms with van der Waals surface area (Å²) < 4.78 is 6.57. The lowest BCUT2D eigenvalue weighted by Crippen LogP contribution is -2.51. The van der Waals surface area contributed by atoms with Crippen molar-refractivity contribution < 1.29 is 14.3 Å². The van der Waals surface area contributed by atoms with Crippen LogP contribution in [0.25, 0.3) is 0 Å². The van der Waals surface area contributed by atoms with Crippen LogP contribution in [0, 0.1) is 0 Å². The van der Waals surface area contributed by atoms with Crippen LogP contribution >= 0.6 is 0 Å². The quantitative estimate of drug-likeness (QED) is 0.893. The summed E-state index contributed by atoms with van der Waals surface area (Å²) in [5.74, 6) is 0.0362. The van der Waals surface area contributed by atoms with Crippen LogP contribution in [-0.2, 0) is 21.6 Å². The van der Waals surface area contributed by atoms with Crippen molar-refractivity contribution in [1.82, 2.24) is 10.2 Å². The molecule has 5 heteroatoms. The van der Waals surface area contributed by atoms with Crippen molar-refractivity contribution in [3.63, 3.8) is 0 Å². The van der Waals surface area contributed by atoms with E-state index in [1.54, 1.807) is 0 Å². The van der Waals surface area contributed by atoms with Gasteiger partial charge < -0.3 is 15.0 Å². The standard InChI is InChI=1S/C23H26N2O3/c1-17(26)24-16-20-15-19-9-5-6-10-21(19)23(28-20)11-13-25(14-12-23)22(27)18-7-3-2-4-8-18/h2-10,20H,11-16H2,1H3,(H,24,26). The number of fused-ring (bicyclic) bond motifs is 2. The number of carbonyl (C=O) groups is 2. The monoisotopic (exact) mass is 378 g/mol. The number of piperidine rings is 1. The van der Waals surface area contributed by atoms with Crippen molar-refractivity contribution in [2.24, 2.45) is 0 Å². The number of nitrogens with one attached hydrogen (secondary N) is 1. The number of hydrogen-bond acceptors (Lipinski definition) is 3. The Kier molecular flexibility index (Phi) is 5.18. The van der Waals surface area contributed by atoms with E-state index in [1.807, 2.05) is 35.2 Å². The molecule has 5 nitrogen and oxygen atoms in total. The third kappa shape index (κ3) is 3.67. The first-order valence-corrected chi connectivity index (χ1v) is 9.92. The minimum Gasteiger partial charge on any atom is -0.365 e. The molecule has 28 heavy (non-hydrogen) atoms. The van der Waals surface area contributed by atoms with E-state index >= 15 is 0 Å². The van der Waals surface area contributed by atoms with E-state index in [9.17, 15) is 9.59 Å². The number of carbonyl (C=O) groups excluding carboxylic acids is 2. The molecule has 0 aliphatic carbocycles. The zero-order valence-electron chi connectivity index (χ0n) is 16.2. The predicted molar refractivity (Wildman–Crippen MR) is 107 cm³/mol. The van der Waals surface area contributed by atoms with Gasteiger partial charge in [0.05, 0.1) is 11.7 Å². The number of rotatable bonds is 3. The maximum absolute atomic E-state index is 12.8. The highest BCUT2D eigenvalue weighted by molar-refractivity contribution is 5.94. The maximum atomic E-state index is 12.8. The van der Waals surface area contributed by atoms with Gasteiger partial charge in [0.25, 0.3) is 5.91 Å². The third-order valence-corrected chi connectivity index (χ3v) is 5.81. The average Bonchev–Trinajstić information content (AvgIpc) is 2.73. The van der Waals surface area contributed by atoms with Gasteiger partial charge in [-0.1, -0.05) is 42.5 Å². The molecular weight excluding hydrogens is 352 g/mol. The van der Waals surface area contributed by atoms with Crippen LogP contribution < -0.4 is 5.32 Å². The Morgan fingerprint density at radius 1 is 1.07 bits per heavy atom. The molecule has 2 heterocycles. The highest BCUT2D eigenvalue weighted by Gasteiger charge is 2.44. The molecule has 1 saturated heterocycles. The van der Waals surface area contributed by atoms with Gasteiger partial charge in [-0.15, -0.1) is 0 Å². The van der Waals surface area contributed by atoms with Crippen LogP contribution in [0.3, 0.4) is 0 Å². The number of nitrogens with zero attached hydrogens (tertiary/aromatic N) is 1. The Balaban J connectivity index is 1.52. The normalized spacial score (nSPS) is 20.5. The zero-order chi connectivity index (χ0) is 19.6. The predicted octanol–water partition coefficient (Wildman–Crippen LogP) is 2.90. The van der Waals surface area contributed by atoms with Crippen LogP contribution in [0.4, 0.5) is 0 Å². The smallest absolute Gasteiger partial charge is 0.253 e. The zero-order valence-corrected chi connectivity index (χ0v) is 16.2. The molecule has 1 fully saturated rings. The molecule has 4 rings (SSSR count). The van der Waals surface area contributed by atoms with E-state index in [0.717, 1.165) is 24.8 Å². The summed E-state index contributed by atoms with van der Waals surface area (Å²) in [5.41, 5.74) is 2.87. The molecule has 0 radical (unpaired) electrons. The average molecular weight is 378 g/mol. The van der Waals surface area contributed by atoms with Crippen molar-refractivity contribution in [3.05, 3.63) is 71.3 Å². The fourth-order valence-corrected chi connectivity index (χ4v) is 4.41. The summed E-state index contributed by atoms with van der Waals surface area (Å²) in [6.45, 7) is 3.36. The summed E-state index contributed by atoms with van der Waals surface area (Å²) in [7, 11) is 0. The van der Waals surface area contributed by atoms with Crippen LogP contribution in [0.15, 0.2) is 54.6 Å². The fourth-order valence-electron chi connectivity index (χ4n) is 4.41. The summed E-state index contributed by atoms with van der Waals surface area (Å²) in [4.78, 5) is 26.1. The van der Waals surface area contributed by atoms with E-state index < -0.39 is 0 Å². The van der Waals surface area contributed by atoms with Crippen molar-refractivity contribution in [1.29, 1.82) is 0 Å². The molecule has 0 bridgehead atoms. The molecule has 0 saturated carbocycles. The van der Waals surface area contributed by atoms with Crippen molar-refractivity contribution in [2.75, 3.05) is 19.6 Å². The van der Waals surface area contributed by atoms with Crippen LogP contribution in [-0.4, -0.2) is 42.5 Å².